The molecular formula is C15H16O4. The van der Waals surface area contributed by atoms with Crippen LogP contribution in [-0.4, -0.2) is 24.8 Å². The molecule has 4 heteroatoms. The maximum Gasteiger partial charge on any atom is 0.336 e. The third-order valence-electron chi connectivity index (χ3n) is 3.93. The van der Waals surface area contributed by atoms with E-state index in [9.17, 15) is 9.90 Å². The van der Waals surface area contributed by atoms with E-state index in [0.717, 1.165) is 18.4 Å². The smallest absolute Gasteiger partial charge is 0.336 e. The number of methoxy groups -OCH3 is 1. The number of carboxylic acid groups (broad SMARTS) is 1. The molecule has 4 nitrogen and oxygen atoms in total. The summed E-state index contributed by atoms with van der Waals surface area (Å²) in [5, 5.41) is 9.33. The molecule has 1 heterocycles. The van der Waals surface area contributed by atoms with Gasteiger partial charge in [0.25, 0.3) is 0 Å². The summed E-state index contributed by atoms with van der Waals surface area (Å²) in [5.41, 5.74) is 1.99. The normalized spacial score (nSPS) is 17.8. The molecule has 0 bridgehead atoms. The first-order valence-electron chi connectivity index (χ1n) is 6.50. The third-order valence-corrected chi connectivity index (χ3v) is 3.93. The Balaban J connectivity index is 2.16. The number of ether oxygens (including phenoxy) is 2. The first-order chi connectivity index (χ1) is 9.22. The second-order valence-corrected chi connectivity index (χ2v) is 4.92. The molecule has 1 fully saturated rings. The molecule has 0 unspecified atom stereocenters. The summed E-state index contributed by atoms with van der Waals surface area (Å²) < 4.78 is 11.0. The van der Waals surface area contributed by atoms with E-state index < -0.39 is 5.97 Å². The number of aliphatic carboxylic acids is 1. The van der Waals surface area contributed by atoms with Crippen LogP contribution in [0, 0.1) is 0 Å². The number of rotatable bonds is 3. The lowest BCUT2D eigenvalue weighted by atomic mass is 9.78. The minimum atomic E-state index is -0.936. The number of carboxylic acids is 1. The Bertz CT molecular complexity index is 556. The summed E-state index contributed by atoms with van der Waals surface area (Å²) in [6, 6.07) is 3.85. The van der Waals surface area contributed by atoms with E-state index in [4.69, 9.17) is 9.47 Å². The minimum Gasteiger partial charge on any atom is -0.496 e. The Morgan fingerprint density at radius 3 is 2.79 bits per heavy atom. The van der Waals surface area contributed by atoms with Gasteiger partial charge in [-0.15, -0.1) is 0 Å². The SMILES string of the molecule is COc1ccc(C2CCC2)c2c1C(C(=O)O)=CCO2. The maximum absolute atomic E-state index is 11.4. The van der Waals surface area contributed by atoms with E-state index in [-0.39, 0.29) is 5.57 Å². The molecule has 1 N–H and O–H groups in total. The summed E-state index contributed by atoms with van der Waals surface area (Å²) >= 11 is 0. The van der Waals surface area contributed by atoms with Crippen molar-refractivity contribution in [3.63, 3.8) is 0 Å². The summed E-state index contributed by atoms with van der Waals surface area (Å²) in [4.78, 5) is 11.4. The molecule has 1 aromatic carbocycles. The second-order valence-electron chi connectivity index (χ2n) is 4.92. The average Bonchev–Trinajstić information content (AvgIpc) is 2.36. The summed E-state index contributed by atoms with van der Waals surface area (Å²) in [7, 11) is 1.55. The molecule has 1 saturated carbocycles. The van der Waals surface area contributed by atoms with Crippen molar-refractivity contribution in [2.75, 3.05) is 13.7 Å². The zero-order valence-electron chi connectivity index (χ0n) is 10.8. The van der Waals surface area contributed by atoms with Crippen LogP contribution in [0.1, 0.15) is 36.3 Å². The van der Waals surface area contributed by atoms with Crippen LogP contribution < -0.4 is 9.47 Å². The van der Waals surface area contributed by atoms with Gasteiger partial charge in [0.05, 0.1) is 18.2 Å². The number of hydrogen-bond donors (Lipinski definition) is 1. The van der Waals surface area contributed by atoms with Crippen molar-refractivity contribution < 1.29 is 19.4 Å². The molecule has 0 saturated heterocycles. The fourth-order valence-corrected chi connectivity index (χ4v) is 2.71. The monoisotopic (exact) mass is 260 g/mol. The molecular weight excluding hydrogens is 244 g/mol. The maximum atomic E-state index is 11.4. The fraction of sp³-hybridized carbons (Fsp3) is 0.400. The number of hydrogen-bond acceptors (Lipinski definition) is 3. The van der Waals surface area contributed by atoms with Gasteiger partial charge in [-0.05, 0) is 36.5 Å². The van der Waals surface area contributed by atoms with Crippen molar-refractivity contribution >= 4 is 11.5 Å². The average molecular weight is 260 g/mol. The van der Waals surface area contributed by atoms with E-state index in [0.29, 0.717) is 29.6 Å². The van der Waals surface area contributed by atoms with Gasteiger partial charge in [-0.1, -0.05) is 12.5 Å². The van der Waals surface area contributed by atoms with Gasteiger partial charge in [0.15, 0.2) is 0 Å². The van der Waals surface area contributed by atoms with Gasteiger partial charge in [-0.25, -0.2) is 4.79 Å². The molecule has 0 radical (unpaired) electrons. The van der Waals surface area contributed by atoms with Crippen molar-refractivity contribution in [1.82, 2.24) is 0 Å². The quantitative estimate of drug-likeness (QED) is 0.908. The number of fused-ring (bicyclic) bond motifs is 1. The van der Waals surface area contributed by atoms with Crippen LogP contribution >= 0.6 is 0 Å². The van der Waals surface area contributed by atoms with Crippen molar-refractivity contribution in [1.29, 1.82) is 0 Å². The number of benzene rings is 1. The largest absolute Gasteiger partial charge is 0.496 e. The third kappa shape index (κ3) is 1.87. The van der Waals surface area contributed by atoms with Crippen LogP contribution in [0.4, 0.5) is 0 Å². The molecule has 1 aliphatic heterocycles. The topological polar surface area (TPSA) is 55.8 Å². The van der Waals surface area contributed by atoms with Crippen LogP contribution in [0.15, 0.2) is 18.2 Å². The van der Waals surface area contributed by atoms with Gasteiger partial charge < -0.3 is 14.6 Å². The van der Waals surface area contributed by atoms with Gasteiger partial charge in [0.2, 0.25) is 0 Å². The van der Waals surface area contributed by atoms with Crippen LogP contribution in [-0.2, 0) is 4.79 Å². The standard InChI is InChI=1S/C15H16O4/c1-18-12-6-5-10(9-3-2-4-9)14-13(12)11(15(16)17)7-8-19-14/h5-7,9H,2-4,8H2,1H3,(H,16,17). The summed E-state index contributed by atoms with van der Waals surface area (Å²) in [5.74, 6) is 0.816. The zero-order valence-corrected chi connectivity index (χ0v) is 10.8. The Hall–Kier alpha value is -1.97. The van der Waals surface area contributed by atoms with Gasteiger partial charge in [0, 0.05) is 0 Å². The lowest BCUT2D eigenvalue weighted by molar-refractivity contribution is -0.130. The van der Waals surface area contributed by atoms with Crippen molar-refractivity contribution in [3.8, 4) is 11.5 Å². The van der Waals surface area contributed by atoms with Gasteiger partial charge in [-0.2, -0.15) is 0 Å². The molecule has 0 aromatic heterocycles. The molecule has 0 spiro atoms. The molecule has 0 amide bonds. The molecule has 2 aliphatic rings. The second kappa shape index (κ2) is 4.61. The lowest BCUT2D eigenvalue weighted by Crippen LogP contribution is -2.17. The Morgan fingerprint density at radius 1 is 1.42 bits per heavy atom. The summed E-state index contributed by atoms with van der Waals surface area (Å²) in [6.45, 7) is 0.307. The van der Waals surface area contributed by atoms with Gasteiger partial charge in [-0.3, -0.25) is 0 Å². The van der Waals surface area contributed by atoms with Crippen LogP contribution in [0.3, 0.4) is 0 Å². The van der Waals surface area contributed by atoms with E-state index >= 15 is 0 Å². The molecule has 100 valence electrons. The van der Waals surface area contributed by atoms with Crippen molar-refractivity contribution in [3.05, 3.63) is 29.3 Å². The van der Waals surface area contributed by atoms with Gasteiger partial charge in [0.1, 0.15) is 18.1 Å². The highest BCUT2D eigenvalue weighted by atomic mass is 16.5. The van der Waals surface area contributed by atoms with Crippen molar-refractivity contribution in [2.24, 2.45) is 0 Å². The molecule has 3 rings (SSSR count). The minimum absolute atomic E-state index is 0.277. The van der Waals surface area contributed by atoms with Crippen LogP contribution in [0.5, 0.6) is 11.5 Å². The van der Waals surface area contributed by atoms with E-state index in [2.05, 4.69) is 0 Å². The molecule has 0 atom stereocenters. The summed E-state index contributed by atoms with van der Waals surface area (Å²) in [6.07, 6.45) is 5.12. The Labute approximate surface area is 111 Å². The first-order valence-corrected chi connectivity index (χ1v) is 6.50. The predicted octanol–water partition coefficient (Wildman–Crippen LogP) is 2.82. The lowest BCUT2D eigenvalue weighted by Gasteiger charge is -2.30. The highest BCUT2D eigenvalue weighted by molar-refractivity contribution is 6.17. The Morgan fingerprint density at radius 2 is 2.21 bits per heavy atom. The van der Waals surface area contributed by atoms with Crippen LogP contribution in [0.2, 0.25) is 0 Å². The first kappa shape index (κ1) is 12.1. The van der Waals surface area contributed by atoms with Crippen molar-refractivity contribution in [2.45, 2.75) is 25.2 Å². The predicted molar refractivity (Wildman–Crippen MR) is 70.7 cm³/mol. The van der Waals surface area contributed by atoms with E-state index in [1.54, 1.807) is 13.2 Å². The molecule has 1 aliphatic carbocycles. The highest BCUT2D eigenvalue weighted by Crippen LogP contribution is 2.47. The van der Waals surface area contributed by atoms with E-state index in [1.165, 1.54) is 6.42 Å². The Kier molecular flexibility index (Phi) is 2.93. The molecule has 19 heavy (non-hydrogen) atoms. The fourth-order valence-electron chi connectivity index (χ4n) is 2.71. The number of carbonyl (C=O) groups is 1. The van der Waals surface area contributed by atoms with E-state index in [1.807, 2.05) is 12.1 Å². The van der Waals surface area contributed by atoms with Crippen LogP contribution in [0.25, 0.3) is 5.57 Å². The highest BCUT2D eigenvalue weighted by Gasteiger charge is 2.30. The zero-order chi connectivity index (χ0) is 13.4. The van der Waals surface area contributed by atoms with Gasteiger partial charge >= 0.3 is 5.97 Å². The molecule has 1 aromatic rings.